The summed E-state index contributed by atoms with van der Waals surface area (Å²) >= 11 is 0. The van der Waals surface area contributed by atoms with E-state index in [0.717, 1.165) is 0 Å². The minimum atomic E-state index is -1.68. The number of carbonyl (C=O) groups excluding carboxylic acids is 3. The lowest BCUT2D eigenvalue weighted by molar-refractivity contribution is -0.147. The zero-order chi connectivity index (χ0) is 21.7. The number of rotatable bonds is 13. The van der Waals surface area contributed by atoms with Crippen LogP contribution in [-0.2, 0) is 24.0 Å². The predicted octanol–water partition coefficient (Wildman–Crippen LogP) is -4.36. The van der Waals surface area contributed by atoms with E-state index in [1.165, 1.54) is 0 Å². The van der Waals surface area contributed by atoms with Gasteiger partial charge in [0.15, 0.2) is 5.96 Å². The number of nitrogens with one attached hydrogen (secondary N) is 3. The monoisotopic (exact) mass is 403 g/mol. The van der Waals surface area contributed by atoms with Crippen molar-refractivity contribution in [3.8, 4) is 0 Å². The molecule has 0 rings (SSSR count). The maximum Gasteiger partial charge on any atom is 0.326 e. The number of aliphatic carboxylic acids is 2. The molecule has 158 valence electrons. The molecule has 0 aliphatic rings. The van der Waals surface area contributed by atoms with Crippen molar-refractivity contribution in [2.75, 3.05) is 19.6 Å². The predicted molar refractivity (Wildman–Crippen MR) is 95.7 cm³/mol. The maximum absolute atomic E-state index is 12.3. The van der Waals surface area contributed by atoms with Crippen LogP contribution in [0.5, 0.6) is 0 Å². The smallest absolute Gasteiger partial charge is 0.326 e. The Morgan fingerprint density at radius 1 is 0.964 bits per heavy atom. The van der Waals surface area contributed by atoms with Gasteiger partial charge in [-0.1, -0.05) is 0 Å². The zero-order valence-corrected chi connectivity index (χ0v) is 15.0. The summed E-state index contributed by atoms with van der Waals surface area (Å²) < 4.78 is 0. The van der Waals surface area contributed by atoms with Gasteiger partial charge in [0.1, 0.15) is 12.1 Å². The average molecular weight is 403 g/mol. The third-order valence-electron chi connectivity index (χ3n) is 3.22. The van der Waals surface area contributed by atoms with Crippen molar-refractivity contribution in [2.24, 2.45) is 22.2 Å². The lowest BCUT2D eigenvalue weighted by Crippen LogP contribution is -2.53. The van der Waals surface area contributed by atoms with Crippen molar-refractivity contribution in [1.29, 1.82) is 0 Å². The number of guanidine groups is 1. The molecule has 2 atom stereocenters. The van der Waals surface area contributed by atoms with Crippen molar-refractivity contribution in [2.45, 2.75) is 31.3 Å². The van der Waals surface area contributed by atoms with Crippen LogP contribution in [0.2, 0.25) is 0 Å². The number of carboxylic acids is 2. The first-order valence-corrected chi connectivity index (χ1v) is 8.13. The first-order chi connectivity index (χ1) is 13.1. The van der Waals surface area contributed by atoms with Gasteiger partial charge in [0.2, 0.25) is 17.7 Å². The summed E-state index contributed by atoms with van der Waals surface area (Å²) in [6.07, 6.45) is -0.566. The van der Waals surface area contributed by atoms with E-state index in [9.17, 15) is 24.0 Å². The van der Waals surface area contributed by atoms with E-state index < -0.39 is 54.7 Å². The van der Waals surface area contributed by atoms with Gasteiger partial charge in [-0.05, 0) is 12.8 Å². The fraction of sp³-hybridized carbons (Fsp3) is 0.571. The van der Waals surface area contributed by atoms with Crippen LogP contribution < -0.4 is 33.2 Å². The Labute approximate surface area is 159 Å². The van der Waals surface area contributed by atoms with Gasteiger partial charge in [0, 0.05) is 6.54 Å². The van der Waals surface area contributed by atoms with Gasteiger partial charge in [-0.2, -0.15) is 0 Å². The zero-order valence-electron chi connectivity index (χ0n) is 15.0. The number of carbonyl (C=O) groups is 5. The highest BCUT2D eigenvalue weighted by Gasteiger charge is 2.28. The normalized spacial score (nSPS) is 12.2. The van der Waals surface area contributed by atoms with Crippen LogP contribution in [0, 0.1) is 0 Å². The molecule has 0 aliphatic heterocycles. The molecule has 0 fully saturated rings. The lowest BCUT2D eigenvalue weighted by Gasteiger charge is -2.21. The van der Waals surface area contributed by atoms with Crippen LogP contribution in [0.1, 0.15) is 19.3 Å². The second-order valence-corrected chi connectivity index (χ2v) is 5.55. The van der Waals surface area contributed by atoms with Gasteiger partial charge in [0.25, 0.3) is 0 Å². The summed E-state index contributed by atoms with van der Waals surface area (Å²) in [4.78, 5) is 60.8. The van der Waals surface area contributed by atoms with Crippen molar-refractivity contribution in [3.63, 3.8) is 0 Å². The van der Waals surface area contributed by atoms with Crippen LogP contribution in [0.4, 0.5) is 0 Å². The highest BCUT2D eigenvalue weighted by molar-refractivity contribution is 5.93. The van der Waals surface area contributed by atoms with Gasteiger partial charge in [0.05, 0.1) is 19.5 Å². The minimum Gasteiger partial charge on any atom is -0.481 e. The molecule has 2 unspecified atom stereocenters. The van der Waals surface area contributed by atoms with E-state index in [2.05, 4.69) is 20.9 Å². The van der Waals surface area contributed by atoms with E-state index in [4.69, 9.17) is 27.4 Å². The molecule has 0 radical (unpaired) electrons. The van der Waals surface area contributed by atoms with Gasteiger partial charge in [-0.25, -0.2) is 4.79 Å². The molecule has 3 amide bonds. The summed E-state index contributed by atoms with van der Waals surface area (Å²) in [5.74, 6) is -5.36. The quantitative estimate of drug-likeness (QED) is 0.0832. The van der Waals surface area contributed by atoms with Gasteiger partial charge in [-0.3, -0.25) is 24.2 Å². The number of aliphatic imine (C=N–C) groups is 1. The molecule has 0 heterocycles. The SMILES string of the molecule is NCC(=O)NCC(=O)NC(CCCN=C(N)N)C(=O)NC(CC(=O)O)C(=O)O. The molecule has 14 heteroatoms. The van der Waals surface area contributed by atoms with E-state index in [1.807, 2.05) is 0 Å². The van der Waals surface area contributed by atoms with Gasteiger partial charge < -0.3 is 43.4 Å². The van der Waals surface area contributed by atoms with Gasteiger partial charge in [-0.15, -0.1) is 0 Å². The topological polar surface area (TPSA) is 252 Å². The van der Waals surface area contributed by atoms with Crippen molar-refractivity contribution < 1.29 is 34.2 Å². The first kappa shape index (κ1) is 24.6. The Morgan fingerprint density at radius 3 is 2.11 bits per heavy atom. The maximum atomic E-state index is 12.3. The summed E-state index contributed by atoms with van der Waals surface area (Å²) in [7, 11) is 0. The molecule has 28 heavy (non-hydrogen) atoms. The van der Waals surface area contributed by atoms with E-state index in [1.54, 1.807) is 0 Å². The minimum absolute atomic E-state index is 0.0264. The second kappa shape index (κ2) is 12.9. The lowest BCUT2D eigenvalue weighted by atomic mass is 10.1. The average Bonchev–Trinajstić information content (AvgIpc) is 2.60. The molecule has 0 saturated heterocycles. The van der Waals surface area contributed by atoms with Crippen LogP contribution in [0.25, 0.3) is 0 Å². The highest BCUT2D eigenvalue weighted by Crippen LogP contribution is 2.01. The summed E-state index contributed by atoms with van der Waals surface area (Å²) in [6.45, 7) is -0.639. The second-order valence-electron chi connectivity index (χ2n) is 5.55. The largest absolute Gasteiger partial charge is 0.481 e. The Kier molecular flexibility index (Phi) is 11.3. The Morgan fingerprint density at radius 2 is 1.61 bits per heavy atom. The molecule has 0 saturated carbocycles. The molecule has 0 aromatic rings. The molecule has 0 bridgehead atoms. The summed E-state index contributed by atoms with van der Waals surface area (Å²) in [6, 6.07) is -2.88. The Balaban J connectivity index is 5.01. The Hall–Kier alpha value is -3.42. The van der Waals surface area contributed by atoms with Crippen LogP contribution in [0.3, 0.4) is 0 Å². The number of nitrogens with two attached hydrogens (primary N) is 3. The summed E-state index contributed by atoms with van der Waals surface area (Å²) in [5.41, 5.74) is 15.5. The molecule has 0 spiro atoms. The number of carboxylic acid groups (broad SMARTS) is 2. The molecule has 0 aromatic heterocycles. The number of nitrogens with zero attached hydrogens (tertiary/aromatic N) is 1. The molecule has 14 nitrogen and oxygen atoms in total. The highest BCUT2D eigenvalue weighted by atomic mass is 16.4. The van der Waals surface area contributed by atoms with Gasteiger partial charge >= 0.3 is 11.9 Å². The van der Waals surface area contributed by atoms with Crippen molar-refractivity contribution in [3.05, 3.63) is 0 Å². The standard InChI is InChI=1S/C14H25N7O7/c15-5-9(22)19-6-10(23)20-7(2-1-3-18-14(16)17)12(26)21-8(13(27)28)4-11(24)25/h7-8H,1-6,15H2,(H,19,22)(H,20,23)(H,21,26)(H,24,25)(H,27,28)(H4,16,17,18). The number of hydrogen-bond donors (Lipinski definition) is 8. The van der Waals surface area contributed by atoms with Crippen molar-refractivity contribution in [1.82, 2.24) is 16.0 Å². The summed E-state index contributed by atoms with van der Waals surface area (Å²) in [5, 5.41) is 24.3. The van der Waals surface area contributed by atoms with Crippen LogP contribution >= 0.6 is 0 Å². The molecule has 11 N–H and O–H groups in total. The molecular weight excluding hydrogens is 378 g/mol. The first-order valence-electron chi connectivity index (χ1n) is 8.13. The van der Waals surface area contributed by atoms with E-state index in [0.29, 0.717) is 0 Å². The van der Waals surface area contributed by atoms with Crippen molar-refractivity contribution >= 4 is 35.6 Å². The fourth-order valence-electron chi connectivity index (χ4n) is 1.92. The molecule has 0 aliphatic carbocycles. The molecular formula is C14H25N7O7. The van der Waals surface area contributed by atoms with Crippen LogP contribution in [-0.4, -0.2) is 77.6 Å². The van der Waals surface area contributed by atoms with E-state index >= 15 is 0 Å². The van der Waals surface area contributed by atoms with E-state index in [-0.39, 0.29) is 31.9 Å². The number of hydrogen-bond acceptors (Lipinski definition) is 7. The third kappa shape index (κ3) is 11.2. The van der Waals surface area contributed by atoms with Crippen LogP contribution in [0.15, 0.2) is 4.99 Å². The third-order valence-corrected chi connectivity index (χ3v) is 3.22. The fourth-order valence-corrected chi connectivity index (χ4v) is 1.92. The molecule has 0 aromatic carbocycles. The Bertz CT molecular complexity index is 619. The number of amides is 3.